The van der Waals surface area contributed by atoms with E-state index in [1.165, 1.54) is 27.2 Å². The van der Waals surface area contributed by atoms with Gasteiger partial charge in [-0.3, -0.25) is 9.69 Å². The smallest absolute Gasteiger partial charge is 0.254 e. The lowest BCUT2D eigenvalue weighted by Gasteiger charge is -2.48. The molecule has 0 saturated carbocycles. The summed E-state index contributed by atoms with van der Waals surface area (Å²) in [5.74, 6) is -0.0594. The van der Waals surface area contributed by atoms with Gasteiger partial charge in [-0.2, -0.15) is 0 Å². The summed E-state index contributed by atoms with van der Waals surface area (Å²) in [5.41, 5.74) is 7.02. The van der Waals surface area contributed by atoms with Crippen molar-refractivity contribution >= 4 is 22.8 Å². The maximum atomic E-state index is 13.6. The van der Waals surface area contributed by atoms with E-state index >= 15 is 0 Å². The largest absolute Gasteiger partial charge is 0.333 e. The van der Waals surface area contributed by atoms with Crippen LogP contribution in [0.1, 0.15) is 65.0 Å². The molecule has 1 aromatic heterocycles. The third kappa shape index (κ3) is 5.12. The average molecular weight is 489 g/mol. The van der Waals surface area contributed by atoms with Crippen LogP contribution in [-0.4, -0.2) is 40.9 Å². The van der Waals surface area contributed by atoms with Crippen molar-refractivity contribution in [1.82, 2.24) is 9.80 Å². The van der Waals surface area contributed by atoms with E-state index in [0.717, 1.165) is 56.6 Å². The van der Waals surface area contributed by atoms with Crippen LogP contribution in [0.3, 0.4) is 0 Å². The number of rotatable bonds is 5. The van der Waals surface area contributed by atoms with Gasteiger partial charge >= 0.3 is 0 Å². The van der Waals surface area contributed by atoms with Crippen LogP contribution in [0.2, 0.25) is 0 Å². The van der Waals surface area contributed by atoms with Crippen molar-refractivity contribution in [3.05, 3.63) is 98.5 Å². The summed E-state index contributed by atoms with van der Waals surface area (Å²) in [5, 5.41) is 2.18. The van der Waals surface area contributed by atoms with Gasteiger partial charge in [0.1, 0.15) is 5.82 Å². The summed E-state index contributed by atoms with van der Waals surface area (Å²) < 4.78 is 13.6. The number of carbonyl (C=O) groups excluding carboxylic acids is 1. The first-order valence-electron chi connectivity index (χ1n) is 12.5. The zero-order chi connectivity index (χ0) is 24.6. The molecular formula is C30H33FN2OS. The zero-order valence-electron chi connectivity index (χ0n) is 20.8. The van der Waals surface area contributed by atoms with Crippen molar-refractivity contribution < 1.29 is 9.18 Å². The Labute approximate surface area is 211 Å². The standard InChI is InChI=1S/C30H33FN2OS/c1-21-17-27(35-20-21)28(23-7-9-26(31)10-8-23)24-11-14-32(15-12-24)19-22-5-4-6-25(18-22)29(34)33-16-13-30(33,2)3/h4-10,17-18,20H,11-16,19H2,1-3H3. The van der Waals surface area contributed by atoms with Gasteiger partial charge in [-0.25, -0.2) is 4.39 Å². The number of carbonyl (C=O) groups is 1. The molecule has 0 bridgehead atoms. The number of amides is 1. The number of piperidine rings is 1. The maximum absolute atomic E-state index is 13.6. The number of aryl methyl sites for hydroxylation is 1. The van der Waals surface area contributed by atoms with Crippen molar-refractivity contribution in [2.45, 2.75) is 52.1 Å². The molecule has 3 heterocycles. The Hall–Kier alpha value is -2.76. The molecule has 2 saturated heterocycles. The van der Waals surface area contributed by atoms with E-state index in [-0.39, 0.29) is 17.3 Å². The lowest BCUT2D eigenvalue weighted by atomic mass is 9.88. The Morgan fingerprint density at radius 1 is 1.00 bits per heavy atom. The van der Waals surface area contributed by atoms with E-state index in [2.05, 4.69) is 49.3 Å². The van der Waals surface area contributed by atoms with Crippen molar-refractivity contribution in [2.75, 3.05) is 19.6 Å². The first kappa shape index (κ1) is 24.0. The van der Waals surface area contributed by atoms with E-state index in [4.69, 9.17) is 0 Å². The number of benzene rings is 2. The number of hydrogen-bond acceptors (Lipinski definition) is 3. The highest BCUT2D eigenvalue weighted by molar-refractivity contribution is 7.11. The molecule has 0 unspecified atom stereocenters. The second-order valence-corrected chi connectivity index (χ2v) is 11.4. The van der Waals surface area contributed by atoms with Gasteiger partial charge < -0.3 is 4.90 Å². The second kappa shape index (κ2) is 9.71. The molecule has 1 amide bonds. The predicted octanol–water partition coefficient (Wildman–Crippen LogP) is 6.92. The normalized spacial score (nSPS) is 17.8. The monoisotopic (exact) mass is 488 g/mol. The number of halogens is 1. The van der Waals surface area contributed by atoms with Crippen LogP contribution in [-0.2, 0) is 6.54 Å². The minimum Gasteiger partial charge on any atom is -0.333 e. The van der Waals surface area contributed by atoms with Crippen LogP contribution in [0.5, 0.6) is 0 Å². The van der Waals surface area contributed by atoms with Crippen molar-refractivity contribution in [3.8, 4) is 0 Å². The number of hydrogen-bond donors (Lipinski definition) is 0. The number of nitrogens with zero attached hydrogens (tertiary/aromatic N) is 2. The molecule has 182 valence electrons. The van der Waals surface area contributed by atoms with Crippen LogP contribution in [0.15, 0.2) is 65.6 Å². The lowest BCUT2D eigenvalue weighted by molar-refractivity contribution is 0.0157. The highest BCUT2D eigenvalue weighted by atomic mass is 32.1. The van der Waals surface area contributed by atoms with Gasteiger partial charge in [-0.1, -0.05) is 29.8 Å². The lowest BCUT2D eigenvalue weighted by Crippen LogP contribution is -2.58. The fourth-order valence-electron chi connectivity index (χ4n) is 5.19. The summed E-state index contributed by atoms with van der Waals surface area (Å²) >= 11 is 1.77. The van der Waals surface area contributed by atoms with E-state index in [9.17, 15) is 9.18 Å². The zero-order valence-corrected chi connectivity index (χ0v) is 21.6. The van der Waals surface area contributed by atoms with Crippen LogP contribution in [0, 0.1) is 12.7 Å². The Morgan fingerprint density at radius 3 is 2.34 bits per heavy atom. The summed E-state index contributed by atoms with van der Waals surface area (Å²) in [4.78, 5) is 18.7. The van der Waals surface area contributed by atoms with E-state index in [0.29, 0.717) is 0 Å². The molecule has 5 heteroatoms. The van der Waals surface area contributed by atoms with Gasteiger partial charge in [0.05, 0.1) is 0 Å². The summed E-state index contributed by atoms with van der Waals surface area (Å²) in [6, 6.07) is 17.3. The summed E-state index contributed by atoms with van der Waals surface area (Å²) in [6.07, 6.45) is 3.04. The minimum absolute atomic E-state index is 0.0357. The molecule has 2 aliphatic rings. The molecule has 0 atom stereocenters. The van der Waals surface area contributed by atoms with Crippen LogP contribution < -0.4 is 0 Å². The van der Waals surface area contributed by atoms with Gasteiger partial charge in [-0.05, 0) is 98.0 Å². The van der Waals surface area contributed by atoms with Gasteiger partial charge in [-0.15, -0.1) is 11.3 Å². The van der Waals surface area contributed by atoms with Gasteiger partial charge in [0.2, 0.25) is 0 Å². The number of likely N-dealkylation sites (tertiary alicyclic amines) is 2. The first-order chi connectivity index (χ1) is 16.8. The maximum Gasteiger partial charge on any atom is 0.254 e. The molecule has 3 nitrogen and oxygen atoms in total. The second-order valence-electron chi connectivity index (χ2n) is 10.5. The van der Waals surface area contributed by atoms with Crippen LogP contribution in [0.4, 0.5) is 4.39 Å². The first-order valence-corrected chi connectivity index (χ1v) is 13.3. The van der Waals surface area contributed by atoms with Crippen molar-refractivity contribution in [3.63, 3.8) is 0 Å². The van der Waals surface area contributed by atoms with Crippen LogP contribution in [0.25, 0.3) is 5.57 Å². The van der Waals surface area contributed by atoms with Crippen LogP contribution >= 0.6 is 11.3 Å². The molecule has 0 N–H and O–H groups in total. The fourth-order valence-corrected chi connectivity index (χ4v) is 6.21. The molecule has 35 heavy (non-hydrogen) atoms. The highest BCUT2D eigenvalue weighted by Crippen LogP contribution is 2.36. The van der Waals surface area contributed by atoms with E-state index in [1.54, 1.807) is 23.5 Å². The molecule has 0 aliphatic carbocycles. The molecule has 2 aromatic carbocycles. The van der Waals surface area contributed by atoms with Gasteiger partial charge in [0, 0.05) is 42.2 Å². The van der Waals surface area contributed by atoms with Crippen molar-refractivity contribution in [1.29, 1.82) is 0 Å². The SMILES string of the molecule is Cc1csc(C(=C2CCN(Cc3cccc(C(=O)N4CCC4(C)C)c3)CC2)c2ccc(F)cc2)c1. The topological polar surface area (TPSA) is 23.6 Å². The Balaban J connectivity index is 1.30. The quantitative estimate of drug-likeness (QED) is 0.389. The molecule has 5 rings (SSSR count). The Kier molecular flexibility index (Phi) is 6.65. The summed E-state index contributed by atoms with van der Waals surface area (Å²) in [6.45, 7) is 10.0. The average Bonchev–Trinajstić information content (AvgIpc) is 3.26. The minimum atomic E-state index is -0.200. The Bertz CT molecular complexity index is 1250. The van der Waals surface area contributed by atoms with Gasteiger partial charge in [0.15, 0.2) is 0 Å². The number of thiophene rings is 1. The van der Waals surface area contributed by atoms with Crippen molar-refractivity contribution in [2.24, 2.45) is 0 Å². The Morgan fingerprint density at radius 2 is 1.74 bits per heavy atom. The van der Waals surface area contributed by atoms with E-state index < -0.39 is 0 Å². The third-order valence-corrected chi connectivity index (χ3v) is 8.49. The third-order valence-electron chi connectivity index (χ3n) is 7.43. The summed E-state index contributed by atoms with van der Waals surface area (Å²) in [7, 11) is 0. The molecular weight excluding hydrogens is 455 g/mol. The molecule has 3 aromatic rings. The predicted molar refractivity (Wildman–Crippen MR) is 142 cm³/mol. The van der Waals surface area contributed by atoms with E-state index in [1.807, 2.05) is 29.2 Å². The fraction of sp³-hybridized carbons (Fsp3) is 0.367. The molecule has 2 fully saturated rings. The molecule has 0 spiro atoms. The van der Waals surface area contributed by atoms with Gasteiger partial charge in [0.25, 0.3) is 5.91 Å². The highest BCUT2D eigenvalue weighted by Gasteiger charge is 2.39. The molecule has 0 radical (unpaired) electrons. The molecule has 2 aliphatic heterocycles.